The molecule has 4 saturated carbocycles. The fourth-order valence-electron chi connectivity index (χ4n) is 12.4. The summed E-state index contributed by atoms with van der Waals surface area (Å²) >= 11 is 0. The zero-order chi connectivity index (χ0) is 33.4. The van der Waals surface area contributed by atoms with Crippen molar-refractivity contribution in [3.8, 4) is 12.3 Å². The second kappa shape index (κ2) is 11.8. The summed E-state index contributed by atoms with van der Waals surface area (Å²) in [5.41, 5.74) is 0.215. The van der Waals surface area contributed by atoms with Gasteiger partial charge in [-0.15, -0.1) is 6.42 Å². The van der Waals surface area contributed by atoms with Crippen LogP contribution in [0.4, 0.5) is 0 Å². The lowest BCUT2D eigenvalue weighted by molar-refractivity contribution is -0.164. The van der Waals surface area contributed by atoms with Crippen LogP contribution in [0.15, 0.2) is 36.4 Å². The van der Waals surface area contributed by atoms with Gasteiger partial charge in [-0.25, -0.2) is 4.98 Å². The van der Waals surface area contributed by atoms with Gasteiger partial charge in [0.1, 0.15) is 17.3 Å². The third kappa shape index (κ3) is 4.87. The molecule has 2 aliphatic heterocycles. The summed E-state index contributed by atoms with van der Waals surface area (Å²) < 4.78 is 0. The van der Waals surface area contributed by atoms with Gasteiger partial charge >= 0.3 is 0 Å². The lowest BCUT2D eigenvalue weighted by Crippen LogP contribution is -2.58. The van der Waals surface area contributed by atoms with Crippen LogP contribution in [0.3, 0.4) is 0 Å². The van der Waals surface area contributed by atoms with Crippen LogP contribution in [0, 0.1) is 58.7 Å². The number of piperidine rings is 1. The predicted molar refractivity (Wildman–Crippen MR) is 185 cm³/mol. The molecule has 0 radical (unpaired) electrons. The number of aliphatic hydroxyl groups is 2. The van der Waals surface area contributed by atoms with Gasteiger partial charge in [-0.05, 0) is 130 Å². The predicted octanol–water partition coefficient (Wildman–Crippen LogP) is 6.07. The fourth-order valence-corrected chi connectivity index (χ4v) is 12.4. The molecule has 2 amide bonds. The van der Waals surface area contributed by atoms with Crippen molar-refractivity contribution in [1.82, 2.24) is 14.8 Å². The molecule has 8 rings (SSSR count). The van der Waals surface area contributed by atoms with Crippen molar-refractivity contribution in [3.63, 3.8) is 0 Å². The van der Waals surface area contributed by atoms with Gasteiger partial charge in [-0.1, -0.05) is 44.0 Å². The number of benzene rings is 1. The molecule has 4 aliphatic carbocycles. The maximum Gasteiger partial charge on any atom is 0.273 e. The van der Waals surface area contributed by atoms with Crippen molar-refractivity contribution >= 4 is 22.7 Å². The number of aromatic nitrogens is 1. The van der Waals surface area contributed by atoms with Gasteiger partial charge < -0.3 is 20.0 Å². The van der Waals surface area contributed by atoms with E-state index in [-0.39, 0.29) is 34.7 Å². The van der Waals surface area contributed by atoms with Crippen LogP contribution >= 0.6 is 0 Å². The fraction of sp³-hybridized carbons (Fsp3) is 0.683. The molecule has 48 heavy (non-hydrogen) atoms. The van der Waals surface area contributed by atoms with Crippen molar-refractivity contribution in [2.24, 2.45) is 46.3 Å². The summed E-state index contributed by atoms with van der Waals surface area (Å²) in [6, 6.07) is 11.1. The number of hydrogen-bond donors (Lipinski definition) is 2. The van der Waals surface area contributed by atoms with Crippen LogP contribution in [0.5, 0.6) is 0 Å². The second-order valence-corrected chi connectivity index (χ2v) is 17.0. The Kier molecular flexibility index (Phi) is 7.96. The number of amides is 2. The first-order valence-corrected chi connectivity index (χ1v) is 18.9. The first kappa shape index (κ1) is 32.3. The maximum atomic E-state index is 13.9. The van der Waals surface area contributed by atoms with Crippen LogP contribution in [-0.2, 0) is 4.79 Å². The largest absolute Gasteiger partial charge is 0.393 e. The smallest absolute Gasteiger partial charge is 0.273 e. The van der Waals surface area contributed by atoms with Gasteiger partial charge in [-0.2, -0.15) is 0 Å². The zero-order valence-electron chi connectivity index (χ0n) is 28.8. The Morgan fingerprint density at radius 2 is 1.69 bits per heavy atom. The van der Waals surface area contributed by atoms with Crippen molar-refractivity contribution in [2.75, 3.05) is 19.6 Å². The van der Waals surface area contributed by atoms with E-state index in [1.807, 2.05) is 35.2 Å². The molecule has 6 fully saturated rings. The van der Waals surface area contributed by atoms with E-state index >= 15 is 0 Å². The third-order valence-corrected chi connectivity index (χ3v) is 15.2. The number of likely N-dealkylation sites (tertiary alicyclic amines) is 2. The van der Waals surface area contributed by atoms with E-state index in [0.29, 0.717) is 61.3 Å². The molecule has 10 atom stereocenters. The van der Waals surface area contributed by atoms with Gasteiger partial charge in [-0.3, -0.25) is 9.59 Å². The monoisotopic (exact) mass is 651 g/mol. The van der Waals surface area contributed by atoms with E-state index in [1.165, 1.54) is 12.8 Å². The molecule has 6 aliphatic rings. The minimum absolute atomic E-state index is 0.0696. The molecule has 256 valence electrons. The van der Waals surface area contributed by atoms with Crippen LogP contribution in [0.1, 0.15) is 101 Å². The van der Waals surface area contributed by atoms with Crippen molar-refractivity contribution in [3.05, 3.63) is 42.1 Å². The molecule has 0 bridgehead atoms. The average Bonchev–Trinajstić information content (AvgIpc) is 3.70. The number of nitrogens with zero attached hydrogens (tertiary/aromatic N) is 3. The number of carbonyl (C=O) groups excluding carboxylic acids is 2. The number of para-hydroxylation sites is 1. The molecule has 7 nitrogen and oxygen atoms in total. The Morgan fingerprint density at radius 3 is 2.48 bits per heavy atom. The van der Waals surface area contributed by atoms with Gasteiger partial charge in [0.25, 0.3) is 5.91 Å². The minimum atomic E-state index is -0.979. The maximum absolute atomic E-state index is 13.9. The summed E-state index contributed by atoms with van der Waals surface area (Å²) in [6.07, 6.45) is 17.2. The van der Waals surface area contributed by atoms with Gasteiger partial charge in [0.15, 0.2) is 0 Å². The van der Waals surface area contributed by atoms with E-state index < -0.39 is 11.6 Å². The van der Waals surface area contributed by atoms with Gasteiger partial charge in [0.2, 0.25) is 5.91 Å². The molecule has 1 aromatic heterocycles. The van der Waals surface area contributed by atoms with Crippen LogP contribution in [0.2, 0.25) is 0 Å². The Hall–Kier alpha value is -2.95. The molecule has 3 heterocycles. The van der Waals surface area contributed by atoms with E-state index in [9.17, 15) is 19.8 Å². The molecule has 2 saturated heterocycles. The molecule has 1 aromatic carbocycles. The highest BCUT2D eigenvalue weighted by Gasteiger charge is 2.65. The molecular weight excluding hydrogens is 598 g/mol. The molecular formula is C41H53N3O4. The molecule has 0 unspecified atom stereocenters. The lowest BCUT2D eigenvalue weighted by atomic mass is 9.43. The van der Waals surface area contributed by atoms with Crippen molar-refractivity contribution < 1.29 is 19.8 Å². The number of carbonyl (C=O) groups is 2. The molecule has 7 heteroatoms. The highest BCUT2D eigenvalue weighted by molar-refractivity contribution is 5.98. The Bertz CT molecular complexity index is 1630. The average molecular weight is 652 g/mol. The van der Waals surface area contributed by atoms with Crippen molar-refractivity contribution in [2.45, 2.75) is 109 Å². The quantitative estimate of drug-likeness (QED) is 0.393. The molecule has 0 spiro atoms. The highest BCUT2D eigenvalue weighted by Crippen LogP contribution is 2.69. The van der Waals surface area contributed by atoms with Gasteiger partial charge in [0.05, 0.1) is 11.6 Å². The van der Waals surface area contributed by atoms with Crippen LogP contribution in [-0.4, -0.2) is 74.2 Å². The number of rotatable bonds is 3. The number of aliphatic hydroxyl groups excluding tert-OH is 1. The van der Waals surface area contributed by atoms with E-state index in [1.54, 1.807) is 11.0 Å². The number of terminal acetylenes is 1. The minimum Gasteiger partial charge on any atom is -0.393 e. The summed E-state index contributed by atoms with van der Waals surface area (Å²) in [5, 5.41) is 24.0. The Balaban J connectivity index is 0.925. The molecule has 2 N–H and O–H groups in total. The van der Waals surface area contributed by atoms with Crippen molar-refractivity contribution in [1.29, 1.82) is 0 Å². The number of fused-ring (bicyclic) bond motifs is 6. The normalized spacial score (nSPS) is 41.4. The first-order valence-electron chi connectivity index (χ1n) is 18.9. The topological polar surface area (TPSA) is 94.0 Å². The second-order valence-electron chi connectivity index (χ2n) is 17.0. The molecule has 2 aromatic rings. The summed E-state index contributed by atoms with van der Waals surface area (Å²) in [4.78, 5) is 35.9. The summed E-state index contributed by atoms with van der Waals surface area (Å²) in [7, 11) is 0. The Morgan fingerprint density at radius 1 is 0.917 bits per heavy atom. The Labute approximate surface area is 285 Å². The number of pyridine rings is 1. The summed E-state index contributed by atoms with van der Waals surface area (Å²) in [5.74, 6) is 5.64. The standard InChI is InChI=1S/C41H53N3O4/c1-4-41(48)20-16-32-29-13-12-28-24-36(45)30(25-39(28,2)31(29)15-19-40(32,41)3)26-17-22-43(23-18-26)38(47)35-10-7-21-44(35)37(46)34-14-11-27-8-5-6-9-33(27)42-34/h1,5-6,8-9,11,14,26,28-32,35-36,45,48H,7,10,12-13,15-25H2,2-3H3/t28-,29+,30+,31-,32-,35-,36-,39-,40-,41+/m0/s1. The lowest BCUT2D eigenvalue weighted by Gasteiger charge is -2.62. The van der Waals surface area contributed by atoms with Crippen LogP contribution < -0.4 is 0 Å². The summed E-state index contributed by atoms with van der Waals surface area (Å²) in [6.45, 7) is 6.76. The third-order valence-electron chi connectivity index (χ3n) is 15.2. The number of hydrogen-bond acceptors (Lipinski definition) is 5. The van der Waals surface area contributed by atoms with E-state index in [4.69, 9.17) is 6.42 Å². The van der Waals surface area contributed by atoms with E-state index in [0.717, 1.165) is 68.7 Å². The zero-order valence-corrected chi connectivity index (χ0v) is 28.8. The highest BCUT2D eigenvalue weighted by atomic mass is 16.3. The SMILES string of the molecule is C#C[C@@]1(O)CC[C@H]2[C@@H]3CC[C@H]4C[C@H](O)[C@@H](C5CCN(C(=O)[C@@H]6CCCN6C(=O)c6ccc7ccccc7n6)CC5)C[C@]4(C)[C@H]3CC[C@@]21C. The van der Waals surface area contributed by atoms with E-state index in [2.05, 4.69) is 24.8 Å². The first-order chi connectivity index (χ1) is 23.1. The van der Waals surface area contributed by atoms with Gasteiger partial charge in [0, 0.05) is 30.4 Å². The van der Waals surface area contributed by atoms with Crippen LogP contribution in [0.25, 0.3) is 10.9 Å².